The van der Waals surface area contributed by atoms with Crippen molar-refractivity contribution in [2.45, 2.75) is 20.8 Å². The Hall–Kier alpha value is -2.00. The van der Waals surface area contributed by atoms with Gasteiger partial charge in [0.2, 0.25) is 0 Å². The first-order valence-electron chi connectivity index (χ1n) is 6.93. The summed E-state index contributed by atoms with van der Waals surface area (Å²) in [5.41, 5.74) is 4.19. The summed E-state index contributed by atoms with van der Waals surface area (Å²) in [5, 5.41) is 6.74. The fourth-order valence-corrected chi connectivity index (χ4v) is 2.24. The number of rotatable bonds is 4. The second-order valence-electron chi connectivity index (χ2n) is 5.00. The van der Waals surface area contributed by atoms with E-state index in [2.05, 4.69) is 10.6 Å². The molecule has 0 fully saturated rings. The Bertz CT molecular complexity index is 668. The van der Waals surface area contributed by atoms with Gasteiger partial charge in [0.05, 0.1) is 5.56 Å². The highest BCUT2D eigenvalue weighted by molar-refractivity contribution is 6.31. The summed E-state index contributed by atoms with van der Waals surface area (Å²) >= 11 is 6.09. The maximum Gasteiger partial charge on any atom is 0.257 e. The molecule has 0 unspecified atom stereocenters. The molecule has 0 aliphatic rings. The smallest absolute Gasteiger partial charge is 0.257 e. The second-order valence-corrected chi connectivity index (χ2v) is 5.40. The van der Waals surface area contributed by atoms with Crippen LogP contribution >= 0.6 is 11.6 Å². The van der Waals surface area contributed by atoms with Gasteiger partial charge in [0.15, 0.2) is 0 Å². The molecule has 0 saturated heterocycles. The molecule has 0 bridgehead atoms. The summed E-state index contributed by atoms with van der Waals surface area (Å²) in [6, 6.07) is 11.3. The highest BCUT2D eigenvalue weighted by Gasteiger charge is 2.12. The van der Waals surface area contributed by atoms with Crippen LogP contribution < -0.4 is 10.6 Å². The van der Waals surface area contributed by atoms with E-state index in [0.29, 0.717) is 16.3 Å². The molecule has 1 amide bonds. The number of halogens is 1. The average molecular weight is 303 g/mol. The van der Waals surface area contributed by atoms with Gasteiger partial charge in [-0.1, -0.05) is 29.3 Å². The lowest BCUT2D eigenvalue weighted by Crippen LogP contribution is -2.15. The molecule has 2 aromatic rings. The van der Waals surface area contributed by atoms with Gasteiger partial charge in [-0.05, 0) is 50.6 Å². The van der Waals surface area contributed by atoms with Gasteiger partial charge in [0.1, 0.15) is 0 Å². The predicted octanol–water partition coefficient (Wildman–Crippen LogP) is 4.64. The van der Waals surface area contributed by atoms with Crippen molar-refractivity contribution in [3.63, 3.8) is 0 Å². The largest absolute Gasteiger partial charge is 0.385 e. The monoisotopic (exact) mass is 302 g/mol. The van der Waals surface area contributed by atoms with Crippen LogP contribution in [0.2, 0.25) is 5.02 Å². The summed E-state index contributed by atoms with van der Waals surface area (Å²) in [7, 11) is 0. The van der Waals surface area contributed by atoms with Crippen molar-refractivity contribution in [1.29, 1.82) is 0 Å². The Balaban J connectivity index is 2.27. The number of hydrogen-bond donors (Lipinski definition) is 2. The molecular formula is C17H19ClN2O. The van der Waals surface area contributed by atoms with E-state index in [9.17, 15) is 4.79 Å². The summed E-state index contributed by atoms with van der Waals surface area (Å²) in [5.74, 6) is -0.144. The van der Waals surface area contributed by atoms with E-state index in [1.807, 2.05) is 51.1 Å². The number of carbonyl (C=O) groups excluding carboxylic acids is 1. The molecule has 2 rings (SSSR count). The van der Waals surface area contributed by atoms with Gasteiger partial charge >= 0.3 is 0 Å². The van der Waals surface area contributed by atoms with Crippen molar-refractivity contribution in [3.05, 3.63) is 58.1 Å². The number of aryl methyl sites for hydroxylation is 2. The fourth-order valence-electron chi connectivity index (χ4n) is 2.06. The minimum absolute atomic E-state index is 0.144. The number of benzene rings is 2. The second kappa shape index (κ2) is 6.64. The average Bonchev–Trinajstić information content (AvgIpc) is 2.45. The van der Waals surface area contributed by atoms with Crippen LogP contribution in [0.4, 0.5) is 11.4 Å². The van der Waals surface area contributed by atoms with Gasteiger partial charge in [0.25, 0.3) is 5.91 Å². The van der Waals surface area contributed by atoms with Crippen molar-refractivity contribution < 1.29 is 4.79 Å². The number of amides is 1. The van der Waals surface area contributed by atoms with Gasteiger partial charge in [-0.2, -0.15) is 0 Å². The molecule has 0 heterocycles. The Morgan fingerprint density at radius 3 is 2.57 bits per heavy atom. The number of hydrogen-bond acceptors (Lipinski definition) is 2. The molecule has 3 nitrogen and oxygen atoms in total. The zero-order chi connectivity index (χ0) is 15.4. The van der Waals surface area contributed by atoms with Crippen LogP contribution in [-0.4, -0.2) is 12.5 Å². The van der Waals surface area contributed by atoms with Crippen LogP contribution in [0, 0.1) is 13.8 Å². The highest BCUT2D eigenvalue weighted by Crippen LogP contribution is 2.22. The number of nitrogens with one attached hydrogen (secondary N) is 2. The van der Waals surface area contributed by atoms with E-state index in [0.717, 1.165) is 23.4 Å². The molecule has 2 aromatic carbocycles. The molecule has 110 valence electrons. The zero-order valence-corrected chi connectivity index (χ0v) is 13.2. The summed E-state index contributed by atoms with van der Waals surface area (Å²) in [4.78, 5) is 12.5. The Kier molecular flexibility index (Phi) is 4.86. The third-order valence-electron chi connectivity index (χ3n) is 3.22. The first-order chi connectivity index (χ1) is 10.0. The molecule has 0 saturated carbocycles. The fraction of sp³-hybridized carbons (Fsp3) is 0.235. The zero-order valence-electron chi connectivity index (χ0n) is 12.5. The van der Waals surface area contributed by atoms with Gasteiger partial charge in [-0.15, -0.1) is 0 Å². The lowest BCUT2D eigenvalue weighted by molar-refractivity contribution is 0.102. The molecule has 0 radical (unpaired) electrons. The van der Waals surface area contributed by atoms with E-state index >= 15 is 0 Å². The van der Waals surface area contributed by atoms with Crippen molar-refractivity contribution in [1.82, 2.24) is 0 Å². The third kappa shape index (κ3) is 3.76. The van der Waals surface area contributed by atoms with Crippen LogP contribution in [0.25, 0.3) is 0 Å². The molecule has 0 aromatic heterocycles. The lowest BCUT2D eigenvalue weighted by atomic mass is 10.1. The third-order valence-corrected chi connectivity index (χ3v) is 3.62. The van der Waals surface area contributed by atoms with E-state index < -0.39 is 0 Å². The maximum absolute atomic E-state index is 12.5. The quantitative estimate of drug-likeness (QED) is 0.863. The molecular weight excluding hydrogens is 284 g/mol. The normalized spacial score (nSPS) is 10.3. The van der Waals surface area contributed by atoms with Gasteiger partial charge in [0, 0.05) is 22.9 Å². The topological polar surface area (TPSA) is 41.1 Å². The Labute approximate surface area is 130 Å². The summed E-state index contributed by atoms with van der Waals surface area (Å²) in [6.45, 7) is 6.66. The number of carbonyl (C=O) groups is 1. The molecule has 4 heteroatoms. The SMILES string of the molecule is CCNc1ccc(C)cc1C(=O)Nc1ccc(C)c(Cl)c1. The first-order valence-corrected chi connectivity index (χ1v) is 7.31. The van der Waals surface area contributed by atoms with Crippen LogP contribution in [0.5, 0.6) is 0 Å². The molecule has 0 aliphatic carbocycles. The summed E-state index contributed by atoms with van der Waals surface area (Å²) < 4.78 is 0. The lowest BCUT2D eigenvalue weighted by Gasteiger charge is -2.12. The maximum atomic E-state index is 12.5. The summed E-state index contributed by atoms with van der Waals surface area (Å²) in [6.07, 6.45) is 0. The minimum atomic E-state index is -0.144. The van der Waals surface area contributed by atoms with Crippen molar-refractivity contribution in [3.8, 4) is 0 Å². The molecule has 0 atom stereocenters. The number of anilines is 2. The Morgan fingerprint density at radius 1 is 1.14 bits per heavy atom. The van der Waals surface area contributed by atoms with E-state index in [1.165, 1.54) is 0 Å². The van der Waals surface area contributed by atoms with Crippen LogP contribution in [0.15, 0.2) is 36.4 Å². The van der Waals surface area contributed by atoms with Gasteiger partial charge in [-0.25, -0.2) is 0 Å². The van der Waals surface area contributed by atoms with Gasteiger partial charge in [-0.3, -0.25) is 4.79 Å². The Morgan fingerprint density at radius 2 is 1.90 bits per heavy atom. The predicted molar refractivity (Wildman–Crippen MR) is 89.5 cm³/mol. The van der Waals surface area contributed by atoms with Crippen molar-refractivity contribution in [2.24, 2.45) is 0 Å². The molecule has 0 spiro atoms. The van der Waals surface area contributed by atoms with E-state index in [4.69, 9.17) is 11.6 Å². The van der Waals surface area contributed by atoms with E-state index in [-0.39, 0.29) is 5.91 Å². The van der Waals surface area contributed by atoms with Gasteiger partial charge < -0.3 is 10.6 Å². The first kappa shape index (κ1) is 15.4. The molecule has 0 aliphatic heterocycles. The molecule has 2 N–H and O–H groups in total. The molecule has 21 heavy (non-hydrogen) atoms. The van der Waals surface area contributed by atoms with Crippen molar-refractivity contribution >= 4 is 28.9 Å². The highest BCUT2D eigenvalue weighted by atomic mass is 35.5. The van der Waals surface area contributed by atoms with Crippen molar-refractivity contribution in [2.75, 3.05) is 17.2 Å². The standard InChI is InChI=1S/C17H19ClN2O/c1-4-19-16-8-5-11(2)9-14(16)17(21)20-13-7-6-12(3)15(18)10-13/h5-10,19H,4H2,1-3H3,(H,20,21). The van der Waals surface area contributed by atoms with E-state index in [1.54, 1.807) is 6.07 Å². The van der Waals surface area contributed by atoms with Crippen LogP contribution in [0.3, 0.4) is 0 Å². The van der Waals surface area contributed by atoms with Crippen LogP contribution in [0.1, 0.15) is 28.4 Å². The van der Waals surface area contributed by atoms with Crippen LogP contribution in [-0.2, 0) is 0 Å². The minimum Gasteiger partial charge on any atom is -0.385 e.